The number of rotatable bonds is 5. The highest BCUT2D eigenvalue weighted by molar-refractivity contribution is 7.92. The standard InChI is InChI=1S/C26H23ClN2O4S/c1-15-5-10-18(13-23(15)27)29-34(32,33)19-11-12-24-22(14-19)20-3-2-4-21(20)25(28-24)16-6-8-17(9-7-16)26(30)31/h2-3,5-14,20-21,25,28-29H,4H2,1H3,(H,30,31)/t20-,21+,25+/m0/s1. The Hall–Kier alpha value is -3.29. The highest BCUT2D eigenvalue weighted by atomic mass is 35.5. The van der Waals surface area contributed by atoms with Crippen molar-refractivity contribution in [3.63, 3.8) is 0 Å². The molecule has 0 radical (unpaired) electrons. The Kier molecular flexibility index (Phi) is 5.62. The highest BCUT2D eigenvalue weighted by Gasteiger charge is 2.38. The van der Waals surface area contributed by atoms with Crippen LogP contribution in [-0.2, 0) is 10.0 Å². The summed E-state index contributed by atoms with van der Waals surface area (Å²) in [6.45, 7) is 1.86. The van der Waals surface area contributed by atoms with Gasteiger partial charge < -0.3 is 10.4 Å². The minimum Gasteiger partial charge on any atom is -0.478 e. The molecule has 0 aromatic heterocycles. The Morgan fingerprint density at radius 2 is 1.85 bits per heavy atom. The number of carboxylic acids is 1. The summed E-state index contributed by atoms with van der Waals surface area (Å²) in [5, 5.41) is 13.2. The summed E-state index contributed by atoms with van der Waals surface area (Å²) < 4.78 is 28.8. The number of anilines is 2. The van der Waals surface area contributed by atoms with E-state index in [0.29, 0.717) is 10.7 Å². The Morgan fingerprint density at radius 1 is 1.09 bits per heavy atom. The number of carboxylic acid groups (broad SMARTS) is 1. The molecule has 1 aliphatic carbocycles. The van der Waals surface area contributed by atoms with Crippen molar-refractivity contribution in [2.24, 2.45) is 5.92 Å². The molecule has 8 heteroatoms. The number of hydrogen-bond donors (Lipinski definition) is 3. The fourth-order valence-electron chi connectivity index (χ4n) is 4.77. The van der Waals surface area contributed by atoms with E-state index in [1.165, 1.54) is 0 Å². The van der Waals surface area contributed by atoms with Gasteiger partial charge in [0, 0.05) is 16.6 Å². The van der Waals surface area contributed by atoms with Crippen LogP contribution in [0.2, 0.25) is 5.02 Å². The predicted molar refractivity (Wildman–Crippen MR) is 133 cm³/mol. The zero-order valence-electron chi connectivity index (χ0n) is 18.3. The second-order valence-corrected chi connectivity index (χ2v) is 10.8. The van der Waals surface area contributed by atoms with Crippen molar-refractivity contribution in [1.82, 2.24) is 0 Å². The molecule has 3 aromatic carbocycles. The topological polar surface area (TPSA) is 95.5 Å². The Labute approximate surface area is 203 Å². The third kappa shape index (κ3) is 4.06. The van der Waals surface area contributed by atoms with Crippen LogP contribution in [0.5, 0.6) is 0 Å². The second kappa shape index (κ2) is 8.49. The van der Waals surface area contributed by atoms with Crippen LogP contribution in [0.15, 0.2) is 77.7 Å². The first-order valence-corrected chi connectivity index (χ1v) is 12.8. The first-order chi connectivity index (χ1) is 16.2. The molecule has 3 aromatic rings. The average molecular weight is 495 g/mol. The van der Waals surface area contributed by atoms with Crippen LogP contribution in [0, 0.1) is 12.8 Å². The summed E-state index contributed by atoms with van der Waals surface area (Å²) in [7, 11) is -3.80. The summed E-state index contributed by atoms with van der Waals surface area (Å²) in [6, 6.07) is 17.1. The minimum atomic E-state index is -3.80. The number of fused-ring (bicyclic) bond motifs is 3. The number of aryl methyl sites for hydroxylation is 1. The average Bonchev–Trinajstić information content (AvgIpc) is 3.31. The van der Waals surface area contributed by atoms with Gasteiger partial charge in [-0.25, -0.2) is 13.2 Å². The zero-order chi connectivity index (χ0) is 24.0. The summed E-state index contributed by atoms with van der Waals surface area (Å²) in [6.07, 6.45) is 5.10. The van der Waals surface area contributed by atoms with Gasteiger partial charge in [0.2, 0.25) is 0 Å². The number of carbonyl (C=O) groups is 1. The maximum Gasteiger partial charge on any atom is 0.335 e. The van der Waals surface area contributed by atoms with Gasteiger partial charge in [0.05, 0.1) is 22.2 Å². The van der Waals surface area contributed by atoms with E-state index in [-0.39, 0.29) is 28.3 Å². The van der Waals surface area contributed by atoms with Crippen LogP contribution in [0.1, 0.15) is 45.4 Å². The summed E-state index contributed by atoms with van der Waals surface area (Å²) in [5.41, 5.74) is 4.34. The third-order valence-corrected chi connectivity index (χ3v) is 8.37. The number of nitrogens with one attached hydrogen (secondary N) is 2. The molecule has 0 saturated heterocycles. The normalized spacial score (nSPS) is 20.8. The van der Waals surface area contributed by atoms with Crippen molar-refractivity contribution in [1.29, 1.82) is 0 Å². The van der Waals surface area contributed by atoms with Crippen LogP contribution in [0.25, 0.3) is 0 Å². The number of allylic oxidation sites excluding steroid dienone is 2. The maximum atomic E-state index is 13.1. The SMILES string of the molecule is Cc1ccc(NS(=O)(=O)c2ccc3c(c2)[C@H]2C=CC[C@H]2[C@@H](c2ccc(C(=O)O)cc2)N3)cc1Cl. The van der Waals surface area contributed by atoms with E-state index in [4.69, 9.17) is 11.6 Å². The zero-order valence-corrected chi connectivity index (χ0v) is 19.9. The van der Waals surface area contributed by atoms with Gasteiger partial charge in [-0.15, -0.1) is 0 Å². The van der Waals surface area contributed by atoms with Gasteiger partial charge >= 0.3 is 5.97 Å². The number of halogens is 1. The Bertz CT molecular complexity index is 1420. The Balaban J connectivity index is 1.46. The van der Waals surface area contributed by atoms with Gasteiger partial charge in [-0.05, 0) is 78.4 Å². The van der Waals surface area contributed by atoms with Gasteiger partial charge in [-0.3, -0.25) is 4.72 Å². The van der Waals surface area contributed by atoms with Gasteiger partial charge in [-0.2, -0.15) is 0 Å². The van der Waals surface area contributed by atoms with Gasteiger partial charge in [0.25, 0.3) is 10.0 Å². The van der Waals surface area contributed by atoms with E-state index in [9.17, 15) is 18.3 Å². The van der Waals surface area contributed by atoms with Crippen LogP contribution >= 0.6 is 11.6 Å². The van der Waals surface area contributed by atoms with E-state index < -0.39 is 16.0 Å². The molecule has 6 nitrogen and oxygen atoms in total. The number of aromatic carboxylic acids is 1. The van der Waals surface area contributed by atoms with Gasteiger partial charge in [-0.1, -0.05) is 42.0 Å². The fraction of sp³-hybridized carbons (Fsp3) is 0.192. The van der Waals surface area contributed by atoms with E-state index in [1.54, 1.807) is 48.5 Å². The largest absolute Gasteiger partial charge is 0.478 e. The molecule has 1 heterocycles. The first kappa shape index (κ1) is 22.5. The van der Waals surface area contributed by atoms with E-state index in [1.807, 2.05) is 19.1 Å². The lowest BCUT2D eigenvalue weighted by molar-refractivity contribution is 0.0697. The molecule has 2 aliphatic rings. The molecule has 0 amide bonds. The number of benzene rings is 3. The molecule has 1 aliphatic heterocycles. The second-order valence-electron chi connectivity index (χ2n) is 8.72. The summed E-state index contributed by atoms with van der Waals surface area (Å²) >= 11 is 6.15. The Morgan fingerprint density at radius 3 is 2.56 bits per heavy atom. The van der Waals surface area contributed by atoms with Crippen LogP contribution in [0.3, 0.4) is 0 Å². The summed E-state index contributed by atoms with van der Waals surface area (Å²) in [4.78, 5) is 11.4. The molecule has 174 valence electrons. The third-order valence-electron chi connectivity index (χ3n) is 6.59. The molecule has 0 unspecified atom stereocenters. The van der Waals surface area contributed by atoms with E-state index in [2.05, 4.69) is 22.2 Å². The molecule has 0 saturated carbocycles. The van der Waals surface area contributed by atoms with Crippen molar-refractivity contribution in [2.45, 2.75) is 30.2 Å². The molecular weight excluding hydrogens is 472 g/mol. The van der Waals surface area contributed by atoms with Crippen LogP contribution < -0.4 is 10.0 Å². The number of hydrogen-bond acceptors (Lipinski definition) is 4. The molecule has 3 atom stereocenters. The first-order valence-electron chi connectivity index (χ1n) is 10.9. The van der Waals surface area contributed by atoms with Gasteiger partial charge in [0.15, 0.2) is 0 Å². The molecular formula is C26H23ClN2O4S. The van der Waals surface area contributed by atoms with E-state index >= 15 is 0 Å². The lowest BCUT2D eigenvalue weighted by Gasteiger charge is -2.37. The minimum absolute atomic E-state index is 0.00868. The molecule has 0 spiro atoms. The molecule has 3 N–H and O–H groups in total. The molecule has 0 fully saturated rings. The lowest BCUT2D eigenvalue weighted by Crippen LogP contribution is -2.29. The predicted octanol–water partition coefficient (Wildman–Crippen LogP) is 5.97. The van der Waals surface area contributed by atoms with Crippen LogP contribution in [-0.4, -0.2) is 19.5 Å². The number of sulfonamides is 1. The van der Waals surface area contributed by atoms with Gasteiger partial charge in [0.1, 0.15) is 0 Å². The molecule has 0 bridgehead atoms. The maximum absolute atomic E-state index is 13.1. The molecule has 34 heavy (non-hydrogen) atoms. The lowest BCUT2D eigenvalue weighted by atomic mass is 9.77. The quantitative estimate of drug-likeness (QED) is 0.379. The molecule has 5 rings (SSSR count). The monoisotopic (exact) mass is 494 g/mol. The van der Waals surface area contributed by atoms with Crippen LogP contribution in [0.4, 0.5) is 11.4 Å². The van der Waals surface area contributed by atoms with E-state index in [0.717, 1.165) is 28.8 Å². The van der Waals surface area contributed by atoms with Crippen molar-refractivity contribution < 1.29 is 18.3 Å². The smallest absolute Gasteiger partial charge is 0.335 e. The van der Waals surface area contributed by atoms with Crippen molar-refractivity contribution in [3.8, 4) is 0 Å². The van der Waals surface area contributed by atoms with Crippen molar-refractivity contribution >= 4 is 39.0 Å². The van der Waals surface area contributed by atoms with Crippen molar-refractivity contribution in [3.05, 3.63) is 100 Å². The van der Waals surface area contributed by atoms with Crippen molar-refractivity contribution in [2.75, 3.05) is 10.0 Å². The fourth-order valence-corrected chi connectivity index (χ4v) is 6.04. The summed E-state index contributed by atoms with van der Waals surface area (Å²) in [5.74, 6) is -0.696. The highest BCUT2D eigenvalue weighted by Crippen LogP contribution is 2.50.